The van der Waals surface area contributed by atoms with Crippen LogP contribution in [0.25, 0.3) is 55.3 Å². The monoisotopic (exact) mass is 633 g/mol. The van der Waals surface area contributed by atoms with Crippen molar-refractivity contribution in [2.24, 2.45) is 29.1 Å². The van der Waals surface area contributed by atoms with Crippen molar-refractivity contribution in [3.8, 4) is 11.1 Å². The predicted molar refractivity (Wildman–Crippen MR) is 192 cm³/mol. The molecule has 2 bridgehead atoms. The highest BCUT2D eigenvalue weighted by molar-refractivity contribution is 6.05. The number of hydrogen-bond donors (Lipinski definition) is 0. The summed E-state index contributed by atoms with van der Waals surface area (Å²) in [6.07, 6.45) is 5.63. The Bertz CT molecular complexity index is 2650. The zero-order valence-electron chi connectivity index (χ0n) is 26.8. The van der Waals surface area contributed by atoms with E-state index in [1.54, 1.807) is 5.56 Å². The molecule has 4 saturated carbocycles. The molecule has 234 valence electrons. The Kier molecular flexibility index (Phi) is 4.39. The normalized spacial score (nSPS) is 28.2. The summed E-state index contributed by atoms with van der Waals surface area (Å²) in [5, 5.41) is 4.18. The molecule has 5 nitrogen and oxygen atoms in total. The average molecular weight is 634 g/mol. The molecule has 0 saturated heterocycles. The van der Waals surface area contributed by atoms with Crippen molar-refractivity contribution in [2.45, 2.75) is 31.1 Å². The Morgan fingerprint density at radius 3 is 1.86 bits per heavy atom. The number of nitrogens with zero attached hydrogens (tertiary/aromatic N) is 3. The van der Waals surface area contributed by atoms with Crippen LogP contribution >= 0.6 is 0 Å². The van der Waals surface area contributed by atoms with E-state index < -0.39 is 0 Å². The molecule has 0 N–H and O–H groups in total. The zero-order chi connectivity index (χ0) is 31.6. The van der Waals surface area contributed by atoms with Crippen LogP contribution in [0.2, 0.25) is 0 Å². The number of para-hydroxylation sites is 2. The Balaban J connectivity index is 1.05. The van der Waals surface area contributed by atoms with Crippen LogP contribution in [0, 0.1) is 29.1 Å². The van der Waals surface area contributed by atoms with E-state index in [1.807, 2.05) is 36.4 Å². The summed E-state index contributed by atoms with van der Waals surface area (Å²) in [6.45, 7) is 0. The second-order valence-electron chi connectivity index (χ2n) is 15.4. The second kappa shape index (κ2) is 8.41. The predicted octanol–water partition coefficient (Wildman–Crippen LogP) is 11.1. The van der Waals surface area contributed by atoms with Crippen molar-refractivity contribution < 1.29 is 8.83 Å². The molecule has 6 atom stereocenters. The maximum atomic E-state index is 6.32. The first-order valence-electron chi connectivity index (χ1n) is 17.8. The van der Waals surface area contributed by atoms with Crippen LogP contribution in [-0.2, 0) is 5.41 Å². The Labute approximate surface area is 282 Å². The molecular weight excluding hydrogens is 603 g/mol. The first-order valence-corrected chi connectivity index (χ1v) is 17.8. The van der Waals surface area contributed by atoms with E-state index >= 15 is 0 Å². The number of anilines is 3. The van der Waals surface area contributed by atoms with Crippen molar-refractivity contribution >= 4 is 61.5 Å². The summed E-state index contributed by atoms with van der Waals surface area (Å²) in [5.41, 5.74) is 10.6. The topological polar surface area (TPSA) is 55.3 Å². The van der Waals surface area contributed by atoms with Gasteiger partial charge in [0.05, 0.1) is 0 Å². The van der Waals surface area contributed by atoms with Gasteiger partial charge in [-0.1, -0.05) is 66.7 Å². The van der Waals surface area contributed by atoms with E-state index in [0.717, 1.165) is 67.8 Å². The highest BCUT2D eigenvalue weighted by Crippen LogP contribution is 2.88. The lowest BCUT2D eigenvalue weighted by Gasteiger charge is -2.70. The summed E-state index contributed by atoms with van der Waals surface area (Å²) >= 11 is 0. The summed E-state index contributed by atoms with van der Waals surface area (Å²) in [5.74, 6) is 4.88. The van der Waals surface area contributed by atoms with Crippen LogP contribution in [0.5, 0.6) is 0 Å². The Morgan fingerprint density at radius 2 is 1.16 bits per heavy atom. The fourth-order valence-corrected chi connectivity index (χ4v) is 12.2. The number of aromatic nitrogens is 2. The summed E-state index contributed by atoms with van der Waals surface area (Å²) in [4.78, 5) is 12.6. The average Bonchev–Trinajstić information content (AvgIpc) is 3.91. The maximum Gasteiger partial charge on any atom is 0.229 e. The van der Waals surface area contributed by atoms with E-state index in [0.29, 0.717) is 22.8 Å². The molecule has 5 aliphatic rings. The van der Waals surface area contributed by atoms with Gasteiger partial charge in [-0.05, 0) is 126 Å². The van der Waals surface area contributed by atoms with Crippen LogP contribution < -0.4 is 4.90 Å². The molecular formula is C44H31N3O2. The van der Waals surface area contributed by atoms with Gasteiger partial charge in [0.25, 0.3) is 0 Å². The Hall–Kier alpha value is -5.42. The number of benzene rings is 4. The second-order valence-corrected chi connectivity index (χ2v) is 15.4. The van der Waals surface area contributed by atoms with Crippen LogP contribution in [0.4, 0.5) is 17.3 Å². The maximum absolute atomic E-state index is 6.32. The quantitative estimate of drug-likeness (QED) is 0.194. The lowest BCUT2D eigenvalue weighted by molar-refractivity contribution is -0.193. The molecule has 4 heterocycles. The first-order chi connectivity index (χ1) is 24.2. The molecule has 0 amide bonds. The minimum atomic E-state index is 0.0905. The van der Waals surface area contributed by atoms with Gasteiger partial charge in [0.2, 0.25) is 11.4 Å². The molecule has 6 unspecified atom stereocenters. The molecule has 13 rings (SSSR count). The van der Waals surface area contributed by atoms with E-state index in [4.69, 9.17) is 18.8 Å². The molecule has 0 radical (unpaired) electrons. The van der Waals surface area contributed by atoms with Crippen molar-refractivity contribution in [3.63, 3.8) is 0 Å². The lowest BCUT2D eigenvalue weighted by Crippen LogP contribution is -2.65. The van der Waals surface area contributed by atoms with E-state index in [9.17, 15) is 0 Å². The third-order valence-electron chi connectivity index (χ3n) is 13.9. The van der Waals surface area contributed by atoms with Gasteiger partial charge >= 0.3 is 0 Å². The molecule has 8 aromatic rings. The van der Waals surface area contributed by atoms with Crippen LogP contribution in [0.15, 0.2) is 124 Å². The first kappa shape index (κ1) is 25.6. The van der Waals surface area contributed by atoms with Gasteiger partial charge in [0, 0.05) is 32.6 Å². The van der Waals surface area contributed by atoms with Crippen LogP contribution in [0.3, 0.4) is 0 Å². The highest BCUT2D eigenvalue weighted by Gasteiger charge is 2.82. The minimum absolute atomic E-state index is 0.0905. The lowest BCUT2D eigenvalue weighted by atomic mass is 9.34. The molecule has 4 aromatic heterocycles. The summed E-state index contributed by atoms with van der Waals surface area (Å²) < 4.78 is 12.6. The number of pyridine rings is 2. The van der Waals surface area contributed by atoms with Gasteiger partial charge in [-0.2, -0.15) is 9.97 Å². The summed E-state index contributed by atoms with van der Waals surface area (Å²) in [7, 11) is 0. The minimum Gasteiger partial charge on any atom is -0.438 e. The SMILES string of the molecule is c1ccc2c(c1)-c1ccc(N(c3ccc4c(n3)oc3ccccc34)c3ccc4c(n3)oc3ccccc34)cc1C21C2CC3CC4CC1C34C2. The molecule has 4 fully saturated rings. The van der Waals surface area contributed by atoms with E-state index in [1.165, 1.54) is 42.4 Å². The van der Waals surface area contributed by atoms with Gasteiger partial charge in [-0.15, -0.1) is 0 Å². The molecule has 0 aliphatic heterocycles. The standard InChI is InChI=1S/C44H31N3O2/c1-4-10-34-28(7-1)29-14-13-27(22-35(29)44(34)26-20-24-19-25-21-38(44)43(24,25)23-26)47(39-17-15-32-30-8-2-5-11-36(30)48-41(32)45-39)40-18-16-33-31-9-3-6-12-37(31)49-42(33)46-40/h1-18,22,24-26,38H,19-21,23H2. The summed E-state index contributed by atoms with van der Waals surface area (Å²) in [6, 6.07) is 41.3. The van der Waals surface area contributed by atoms with Crippen LogP contribution in [0.1, 0.15) is 36.8 Å². The number of furan rings is 2. The molecule has 5 heteroatoms. The fourth-order valence-electron chi connectivity index (χ4n) is 12.2. The van der Waals surface area contributed by atoms with Gasteiger partial charge in [-0.25, -0.2) is 0 Å². The zero-order valence-corrected chi connectivity index (χ0v) is 26.8. The Morgan fingerprint density at radius 1 is 0.551 bits per heavy atom. The van der Waals surface area contributed by atoms with E-state index in [-0.39, 0.29) is 5.41 Å². The molecule has 4 aromatic carbocycles. The van der Waals surface area contributed by atoms with Crippen molar-refractivity contribution in [3.05, 3.63) is 126 Å². The van der Waals surface area contributed by atoms with E-state index in [2.05, 4.69) is 83.8 Å². The molecule has 5 aliphatic carbocycles. The van der Waals surface area contributed by atoms with Gasteiger partial charge < -0.3 is 8.83 Å². The number of rotatable bonds is 3. The molecule has 2 spiro atoms. The third kappa shape index (κ3) is 2.82. The van der Waals surface area contributed by atoms with Crippen molar-refractivity contribution in [1.29, 1.82) is 0 Å². The highest BCUT2D eigenvalue weighted by atomic mass is 16.3. The van der Waals surface area contributed by atoms with Gasteiger partial charge in [0.15, 0.2) is 0 Å². The van der Waals surface area contributed by atoms with Crippen molar-refractivity contribution in [2.75, 3.05) is 4.90 Å². The van der Waals surface area contributed by atoms with Gasteiger partial charge in [-0.3, -0.25) is 4.90 Å². The largest absolute Gasteiger partial charge is 0.438 e. The fraction of sp³-hybridized carbons (Fsp3) is 0.227. The third-order valence-corrected chi connectivity index (χ3v) is 13.9. The molecule has 49 heavy (non-hydrogen) atoms. The number of fused-ring (bicyclic) bond motifs is 14. The van der Waals surface area contributed by atoms with Gasteiger partial charge in [0.1, 0.15) is 22.8 Å². The van der Waals surface area contributed by atoms with Crippen LogP contribution in [-0.4, -0.2) is 9.97 Å². The van der Waals surface area contributed by atoms with Crippen molar-refractivity contribution in [1.82, 2.24) is 9.97 Å². The number of hydrogen-bond acceptors (Lipinski definition) is 5. The smallest absolute Gasteiger partial charge is 0.229 e.